The number of halogens is 2. The molecule has 1 heterocycles. The predicted octanol–water partition coefficient (Wildman–Crippen LogP) is 3.10. The van der Waals surface area contributed by atoms with Crippen LogP contribution >= 0.6 is 11.6 Å². The van der Waals surface area contributed by atoms with E-state index in [1.165, 1.54) is 24.3 Å². The molecular formula is C13H14ClFO2. The third-order valence-corrected chi connectivity index (χ3v) is 3.55. The fraction of sp³-hybridized carbons (Fsp3) is 0.462. The van der Waals surface area contributed by atoms with E-state index in [2.05, 4.69) is 0 Å². The molecule has 0 N–H and O–H groups in total. The van der Waals surface area contributed by atoms with E-state index in [9.17, 15) is 9.18 Å². The molecule has 0 saturated carbocycles. The molecule has 3 atom stereocenters. The monoisotopic (exact) mass is 256 g/mol. The van der Waals surface area contributed by atoms with Gasteiger partial charge in [-0.15, -0.1) is 11.6 Å². The normalized spacial score (nSPS) is 25.8. The van der Waals surface area contributed by atoms with Crippen LogP contribution in [-0.2, 0) is 9.53 Å². The van der Waals surface area contributed by atoms with Crippen LogP contribution in [0.4, 0.5) is 4.39 Å². The standard InChI is InChI=1S/C13H14ClFO2/c1-8-6-7-17-13(8)12(16)11(14)9-2-4-10(15)5-3-9/h2-5,8,11,13H,6-7H2,1H3. The first-order chi connectivity index (χ1) is 8.09. The van der Waals surface area contributed by atoms with Gasteiger partial charge in [-0.2, -0.15) is 0 Å². The van der Waals surface area contributed by atoms with Gasteiger partial charge in [0.15, 0.2) is 5.78 Å². The molecule has 92 valence electrons. The minimum Gasteiger partial charge on any atom is -0.370 e. The highest BCUT2D eigenvalue weighted by Gasteiger charge is 2.35. The summed E-state index contributed by atoms with van der Waals surface area (Å²) in [5.41, 5.74) is 0.612. The first-order valence-corrected chi connectivity index (χ1v) is 6.08. The molecular weight excluding hydrogens is 243 g/mol. The van der Waals surface area contributed by atoms with Crippen LogP contribution in [0, 0.1) is 11.7 Å². The number of Topliss-reactive ketones (excluding diaryl/α,β-unsaturated/α-hetero) is 1. The van der Waals surface area contributed by atoms with Crippen molar-refractivity contribution < 1.29 is 13.9 Å². The lowest BCUT2D eigenvalue weighted by Gasteiger charge is -2.17. The smallest absolute Gasteiger partial charge is 0.184 e. The summed E-state index contributed by atoms with van der Waals surface area (Å²) < 4.78 is 18.1. The minimum atomic E-state index is -0.763. The van der Waals surface area contributed by atoms with Crippen LogP contribution in [0.5, 0.6) is 0 Å². The van der Waals surface area contributed by atoms with E-state index in [1.54, 1.807) is 0 Å². The molecule has 0 bridgehead atoms. The van der Waals surface area contributed by atoms with Crippen molar-refractivity contribution in [2.24, 2.45) is 5.92 Å². The van der Waals surface area contributed by atoms with Crippen LogP contribution in [-0.4, -0.2) is 18.5 Å². The van der Waals surface area contributed by atoms with Crippen LogP contribution < -0.4 is 0 Å². The molecule has 17 heavy (non-hydrogen) atoms. The molecule has 2 rings (SSSR count). The predicted molar refractivity (Wildman–Crippen MR) is 63.5 cm³/mol. The third kappa shape index (κ3) is 2.67. The van der Waals surface area contributed by atoms with Gasteiger partial charge in [0.1, 0.15) is 17.3 Å². The van der Waals surface area contributed by atoms with Gasteiger partial charge in [0.25, 0.3) is 0 Å². The van der Waals surface area contributed by atoms with Crippen LogP contribution in [0.1, 0.15) is 24.3 Å². The van der Waals surface area contributed by atoms with Crippen molar-refractivity contribution in [3.05, 3.63) is 35.6 Å². The number of rotatable bonds is 3. The Morgan fingerprint density at radius 2 is 2.12 bits per heavy atom. The van der Waals surface area contributed by atoms with E-state index in [0.717, 1.165) is 6.42 Å². The Morgan fingerprint density at radius 1 is 1.47 bits per heavy atom. The van der Waals surface area contributed by atoms with E-state index in [0.29, 0.717) is 12.2 Å². The topological polar surface area (TPSA) is 26.3 Å². The van der Waals surface area contributed by atoms with Gasteiger partial charge in [-0.1, -0.05) is 19.1 Å². The maximum atomic E-state index is 12.8. The number of ether oxygens (including phenoxy) is 1. The van der Waals surface area contributed by atoms with Crippen molar-refractivity contribution in [3.8, 4) is 0 Å². The Bertz CT molecular complexity index is 404. The first kappa shape index (κ1) is 12.5. The number of ketones is 1. The van der Waals surface area contributed by atoms with Crippen molar-refractivity contribution in [1.29, 1.82) is 0 Å². The van der Waals surface area contributed by atoms with Crippen LogP contribution in [0.15, 0.2) is 24.3 Å². The molecule has 1 aliphatic rings. The molecule has 1 aromatic rings. The maximum absolute atomic E-state index is 12.8. The number of hydrogen-bond acceptors (Lipinski definition) is 2. The Kier molecular flexibility index (Phi) is 3.79. The summed E-state index contributed by atoms with van der Waals surface area (Å²) in [6.45, 7) is 2.58. The highest BCUT2D eigenvalue weighted by molar-refractivity contribution is 6.31. The lowest BCUT2D eigenvalue weighted by Crippen LogP contribution is -2.28. The average molecular weight is 257 g/mol. The summed E-state index contributed by atoms with van der Waals surface area (Å²) in [7, 11) is 0. The lowest BCUT2D eigenvalue weighted by atomic mass is 9.96. The van der Waals surface area contributed by atoms with Gasteiger partial charge in [-0.05, 0) is 30.0 Å². The molecule has 1 fully saturated rings. The van der Waals surface area contributed by atoms with Crippen LogP contribution in [0.3, 0.4) is 0 Å². The lowest BCUT2D eigenvalue weighted by molar-refractivity contribution is -0.129. The van der Waals surface area contributed by atoms with Crippen LogP contribution in [0.25, 0.3) is 0 Å². The Hall–Kier alpha value is -0.930. The average Bonchev–Trinajstić information content (AvgIpc) is 2.74. The molecule has 0 aromatic heterocycles. The van der Waals surface area contributed by atoms with Crippen molar-refractivity contribution >= 4 is 17.4 Å². The highest BCUT2D eigenvalue weighted by Crippen LogP contribution is 2.30. The van der Waals surface area contributed by atoms with Crippen molar-refractivity contribution in [3.63, 3.8) is 0 Å². The molecule has 0 spiro atoms. The fourth-order valence-electron chi connectivity index (χ4n) is 2.00. The van der Waals surface area contributed by atoms with Crippen molar-refractivity contribution in [1.82, 2.24) is 0 Å². The fourth-order valence-corrected chi connectivity index (χ4v) is 2.27. The number of benzene rings is 1. The molecule has 0 aliphatic carbocycles. The molecule has 1 aromatic carbocycles. The maximum Gasteiger partial charge on any atom is 0.184 e. The highest BCUT2D eigenvalue weighted by atomic mass is 35.5. The van der Waals surface area contributed by atoms with Gasteiger partial charge < -0.3 is 4.74 Å². The molecule has 3 unspecified atom stereocenters. The number of carbonyl (C=O) groups excluding carboxylic acids is 1. The number of hydrogen-bond donors (Lipinski definition) is 0. The van der Waals surface area contributed by atoms with Gasteiger partial charge in [0.2, 0.25) is 0 Å². The Labute approximate surface area is 105 Å². The van der Waals surface area contributed by atoms with Crippen molar-refractivity contribution in [2.45, 2.75) is 24.8 Å². The number of carbonyl (C=O) groups is 1. The van der Waals surface area contributed by atoms with E-state index in [4.69, 9.17) is 16.3 Å². The van der Waals surface area contributed by atoms with Crippen molar-refractivity contribution in [2.75, 3.05) is 6.61 Å². The van der Waals surface area contributed by atoms with E-state index in [-0.39, 0.29) is 17.5 Å². The van der Waals surface area contributed by atoms with Gasteiger partial charge in [0, 0.05) is 6.61 Å². The quantitative estimate of drug-likeness (QED) is 0.777. The third-order valence-electron chi connectivity index (χ3n) is 3.08. The summed E-state index contributed by atoms with van der Waals surface area (Å²) in [6, 6.07) is 5.67. The van der Waals surface area contributed by atoms with Gasteiger partial charge in [-0.3, -0.25) is 4.79 Å². The molecule has 4 heteroatoms. The SMILES string of the molecule is CC1CCOC1C(=O)C(Cl)c1ccc(F)cc1. The van der Waals surface area contributed by atoms with Gasteiger partial charge >= 0.3 is 0 Å². The summed E-state index contributed by atoms with van der Waals surface area (Å²) in [5, 5.41) is -0.763. The second-order valence-corrected chi connectivity index (χ2v) is 4.81. The first-order valence-electron chi connectivity index (χ1n) is 5.64. The van der Waals surface area contributed by atoms with E-state index in [1.807, 2.05) is 6.92 Å². The molecule has 1 saturated heterocycles. The second kappa shape index (κ2) is 5.15. The largest absolute Gasteiger partial charge is 0.370 e. The summed E-state index contributed by atoms with van der Waals surface area (Å²) >= 11 is 6.10. The number of alkyl halides is 1. The van der Waals surface area contributed by atoms with Gasteiger partial charge in [-0.25, -0.2) is 4.39 Å². The molecule has 2 nitrogen and oxygen atoms in total. The Morgan fingerprint density at radius 3 is 2.65 bits per heavy atom. The summed E-state index contributed by atoms with van der Waals surface area (Å²) in [6.07, 6.45) is 0.450. The van der Waals surface area contributed by atoms with Crippen LogP contribution in [0.2, 0.25) is 0 Å². The molecule has 0 radical (unpaired) electrons. The molecule has 0 amide bonds. The zero-order valence-electron chi connectivity index (χ0n) is 9.53. The van der Waals surface area contributed by atoms with Gasteiger partial charge in [0.05, 0.1) is 0 Å². The molecule has 1 aliphatic heterocycles. The summed E-state index contributed by atoms with van der Waals surface area (Å²) in [5.74, 6) is -0.275. The summed E-state index contributed by atoms with van der Waals surface area (Å²) in [4.78, 5) is 12.1. The van der Waals surface area contributed by atoms with E-state index < -0.39 is 11.5 Å². The Balaban J connectivity index is 2.11. The second-order valence-electron chi connectivity index (χ2n) is 4.37. The van der Waals surface area contributed by atoms with E-state index >= 15 is 0 Å². The minimum absolute atomic E-state index is 0.136. The zero-order chi connectivity index (χ0) is 12.4. The zero-order valence-corrected chi connectivity index (χ0v) is 10.3.